The smallest absolute Gasteiger partial charge is 0.160 e. The van der Waals surface area contributed by atoms with E-state index in [-0.39, 0.29) is 0 Å². The van der Waals surface area contributed by atoms with Crippen LogP contribution in [-0.4, -0.2) is 15.0 Å². The van der Waals surface area contributed by atoms with Gasteiger partial charge in [-0.1, -0.05) is 164 Å². The van der Waals surface area contributed by atoms with Crippen molar-refractivity contribution >= 4 is 53.3 Å². The SMILES string of the molecule is c1ccc(-c2nc(-c3ccc4c(c3)nc(-c3ccccc3)c3ccc5c(c34)-c3ccccc3C53c4ccccc4Oc4ccccc43)c3sc4ccccc4c3n2)cc1. The van der Waals surface area contributed by atoms with Gasteiger partial charge in [-0.2, -0.15) is 0 Å². The van der Waals surface area contributed by atoms with E-state index in [0.717, 1.165) is 82.6 Å². The number of aromatic nitrogens is 3. The lowest BCUT2D eigenvalue weighted by molar-refractivity contribution is 0.436. The molecule has 1 aliphatic heterocycles. The van der Waals surface area contributed by atoms with Gasteiger partial charge < -0.3 is 4.74 Å². The van der Waals surface area contributed by atoms with Crippen molar-refractivity contribution in [2.75, 3.05) is 0 Å². The van der Waals surface area contributed by atoms with E-state index in [4.69, 9.17) is 19.7 Å². The molecule has 0 N–H and O–H groups in total. The molecule has 0 saturated heterocycles. The van der Waals surface area contributed by atoms with Crippen LogP contribution < -0.4 is 4.74 Å². The van der Waals surface area contributed by atoms with Crippen LogP contribution in [0, 0.1) is 0 Å². The highest BCUT2D eigenvalue weighted by Gasteiger charge is 2.51. The minimum atomic E-state index is -0.574. The van der Waals surface area contributed by atoms with Crippen LogP contribution in [0.2, 0.25) is 0 Å². The highest BCUT2D eigenvalue weighted by molar-refractivity contribution is 7.26. The average Bonchev–Trinajstić information content (AvgIpc) is 3.83. The summed E-state index contributed by atoms with van der Waals surface area (Å²) in [7, 11) is 0. The lowest BCUT2D eigenvalue weighted by Crippen LogP contribution is -2.32. The summed E-state index contributed by atoms with van der Waals surface area (Å²) in [6, 6.07) is 66.9. The quantitative estimate of drug-likeness (QED) is 0.168. The van der Waals surface area contributed by atoms with Crippen molar-refractivity contribution < 1.29 is 4.74 Å². The maximum absolute atomic E-state index is 6.65. The topological polar surface area (TPSA) is 47.9 Å². The highest BCUT2D eigenvalue weighted by Crippen LogP contribution is 2.63. The normalized spacial score (nSPS) is 13.4. The number of pyridine rings is 1. The number of rotatable bonds is 3. The third kappa shape index (κ3) is 4.51. The van der Waals surface area contributed by atoms with Crippen molar-refractivity contribution in [2.45, 2.75) is 5.41 Å². The van der Waals surface area contributed by atoms with Gasteiger partial charge in [0.25, 0.3) is 0 Å². The summed E-state index contributed by atoms with van der Waals surface area (Å²) < 4.78 is 8.92. The van der Waals surface area contributed by atoms with E-state index in [1.807, 2.05) is 18.2 Å². The Morgan fingerprint density at radius 1 is 0.441 bits per heavy atom. The molecule has 0 saturated carbocycles. The second kappa shape index (κ2) is 12.3. The van der Waals surface area contributed by atoms with Gasteiger partial charge in [0.2, 0.25) is 0 Å². The summed E-state index contributed by atoms with van der Waals surface area (Å²) in [5, 5.41) is 4.56. The van der Waals surface area contributed by atoms with Crippen LogP contribution in [0.3, 0.4) is 0 Å². The van der Waals surface area contributed by atoms with Gasteiger partial charge in [0.05, 0.1) is 32.5 Å². The lowest BCUT2D eigenvalue weighted by Gasteiger charge is -2.39. The van der Waals surface area contributed by atoms with Gasteiger partial charge in [0.15, 0.2) is 5.82 Å². The number of para-hydroxylation sites is 2. The Labute approximate surface area is 343 Å². The number of hydrogen-bond acceptors (Lipinski definition) is 5. The molecule has 4 nitrogen and oxygen atoms in total. The van der Waals surface area contributed by atoms with E-state index in [9.17, 15) is 0 Å². The molecule has 0 amide bonds. The van der Waals surface area contributed by atoms with Crippen LogP contribution in [0.15, 0.2) is 188 Å². The lowest BCUT2D eigenvalue weighted by atomic mass is 9.66. The maximum atomic E-state index is 6.65. The fourth-order valence-electron chi connectivity index (χ4n) is 9.90. The van der Waals surface area contributed by atoms with Crippen molar-refractivity contribution in [1.82, 2.24) is 15.0 Å². The Bertz CT molecular complexity index is 3490. The zero-order valence-electron chi connectivity index (χ0n) is 31.6. The van der Waals surface area contributed by atoms with E-state index in [2.05, 4.69) is 170 Å². The van der Waals surface area contributed by atoms with E-state index >= 15 is 0 Å². The molecule has 0 radical (unpaired) electrons. The second-order valence-electron chi connectivity index (χ2n) is 15.4. The first-order valence-electron chi connectivity index (χ1n) is 19.9. The number of fused-ring (bicyclic) bond motifs is 16. The van der Waals surface area contributed by atoms with E-state index in [1.165, 1.54) is 32.3 Å². The van der Waals surface area contributed by atoms with Gasteiger partial charge in [-0.05, 0) is 46.5 Å². The molecule has 1 aliphatic carbocycles. The Kier molecular flexibility index (Phi) is 6.78. The molecule has 11 aromatic rings. The zero-order chi connectivity index (χ0) is 38.7. The number of benzene rings is 8. The van der Waals surface area contributed by atoms with Crippen molar-refractivity contribution in [2.24, 2.45) is 0 Å². The molecule has 2 aliphatic rings. The minimum absolute atomic E-state index is 0.574. The molecular formula is C54H31N3OS. The van der Waals surface area contributed by atoms with Crippen LogP contribution >= 0.6 is 11.3 Å². The molecule has 8 aromatic carbocycles. The fourth-order valence-corrected chi connectivity index (χ4v) is 11.1. The van der Waals surface area contributed by atoms with E-state index in [1.54, 1.807) is 11.3 Å². The summed E-state index contributed by atoms with van der Waals surface area (Å²) in [6.45, 7) is 0. The minimum Gasteiger partial charge on any atom is -0.457 e. The molecule has 59 heavy (non-hydrogen) atoms. The van der Waals surface area contributed by atoms with Crippen LogP contribution in [0.5, 0.6) is 11.5 Å². The van der Waals surface area contributed by atoms with Crippen molar-refractivity contribution in [3.05, 3.63) is 210 Å². The van der Waals surface area contributed by atoms with Crippen molar-refractivity contribution in [3.8, 4) is 56.5 Å². The van der Waals surface area contributed by atoms with Crippen molar-refractivity contribution in [1.29, 1.82) is 0 Å². The number of hydrogen-bond donors (Lipinski definition) is 0. The standard InChI is InChI=1S/C54H31N3OS/c1-3-15-32(16-4-1)49-38-29-30-42-48(35-19-7-9-21-39(35)54(42)40-22-10-12-24-44(40)58-45-25-13-11-23-41(45)54)47(38)36-28-27-34(31-43(36)55-49)50-52-51(37-20-8-14-26-46(37)59-52)57-53(56-50)33-17-5-2-6-18-33/h1-31H. The van der Waals surface area contributed by atoms with Crippen LogP contribution in [0.4, 0.5) is 0 Å². The Balaban J connectivity index is 1.15. The summed E-state index contributed by atoms with van der Waals surface area (Å²) in [4.78, 5) is 16.1. The van der Waals surface area contributed by atoms with Crippen molar-refractivity contribution in [3.63, 3.8) is 0 Å². The predicted octanol–water partition coefficient (Wildman–Crippen LogP) is 14.0. The molecule has 0 bridgehead atoms. The first kappa shape index (κ1) is 32.6. The first-order valence-corrected chi connectivity index (χ1v) is 20.8. The van der Waals surface area contributed by atoms with Gasteiger partial charge in [-0.3, -0.25) is 0 Å². The molecular weight excluding hydrogens is 739 g/mol. The molecule has 13 rings (SSSR count). The summed E-state index contributed by atoms with van der Waals surface area (Å²) in [5.41, 5.74) is 13.5. The Morgan fingerprint density at radius 2 is 1.08 bits per heavy atom. The van der Waals surface area contributed by atoms with Gasteiger partial charge >= 0.3 is 0 Å². The average molecular weight is 770 g/mol. The fraction of sp³-hybridized carbons (Fsp3) is 0.0185. The Hall–Kier alpha value is -7.47. The summed E-state index contributed by atoms with van der Waals surface area (Å²) in [5.74, 6) is 2.48. The molecule has 0 unspecified atom stereocenters. The number of thiophene rings is 1. The monoisotopic (exact) mass is 769 g/mol. The first-order chi connectivity index (χ1) is 29.3. The number of ether oxygens (including phenoxy) is 1. The van der Waals surface area contributed by atoms with Crippen LogP contribution in [0.25, 0.3) is 87.0 Å². The van der Waals surface area contributed by atoms with E-state index in [0.29, 0.717) is 5.82 Å². The molecule has 5 heteroatoms. The summed E-state index contributed by atoms with van der Waals surface area (Å²) in [6.07, 6.45) is 0. The third-order valence-corrected chi connectivity index (χ3v) is 13.5. The molecule has 0 atom stereocenters. The highest BCUT2D eigenvalue weighted by atomic mass is 32.1. The van der Waals surface area contributed by atoms with Gasteiger partial charge in [0.1, 0.15) is 11.5 Å². The van der Waals surface area contributed by atoms with Gasteiger partial charge in [-0.15, -0.1) is 11.3 Å². The number of nitrogens with zero attached hydrogens (tertiary/aromatic N) is 3. The molecule has 1 spiro atoms. The Morgan fingerprint density at radius 3 is 1.86 bits per heavy atom. The third-order valence-electron chi connectivity index (χ3n) is 12.3. The summed E-state index contributed by atoms with van der Waals surface area (Å²) >= 11 is 1.75. The zero-order valence-corrected chi connectivity index (χ0v) is 32.4. The molecule has 274 valence electrons. The molecule has 4 heterocycles. The van der Waals surface area contributed by atoms with Crippen LogP contribution in [0.1, 0.15) is 22.3 Å². The molecule has 3 aromatic heterocycles. The predicted molar refractivity (Wildman–Crippen MR) is 241 cm³/mol. The maximum Gasteiger partial charge on any atom is 0.160 e. The van der Waals surface area contributed by atoms with Gasteiger partial charge in [-0.25, -0.2) is 15.0 Å². The van der Waals surface area contributed by atoms with E-state index < -0.39 is 5.41 Å². The van der Waals surface area contributed by atoms with Gasteiger partial charge in [0, 0.05) is 54.1 Å². The second-order valence-corrected chi connectivity index (χ2v) is 16.4. The molecule has 0 fully saturated rings. The van der Waals surface area contributed by atoms with Crippen LogP contribution in [-0.2, 0) is 5.41 Å². The largest absolute Gasteiger partial charge is 0.457 e.